The molecule has 18 heavy (non-hydrogen) atoms. The Bertz CT molecular complexity index is 466. The van der Waals surface area contributed by atoms with Gasteiger partial charge < -0.3 is 9.84 Å². The molecule has 0 bridgehead atoms. The molecule has 0 saturated heterocycles. The summed E-state index contributed by atoms with van der Waals surface area (Å²) in [6, 6.07) is 2.39. The zero-order chi connectivity index (χ0) is 13.0. The van der Waals surface area contributed by atoms with Gasteiger partial charge in [-0.1, -0.05) is 25.9 Å². The summed E-state index contributed by atoms with van der Waals surface area (Å²) in [5.74, 6) is 1.63. The topological polar surface area (TPSA) is 51.0 Å². The van der Waals surface area contributed by atoms with E-state index in [1.54, 1.807) is 11.3 Å². The largest absolute Gasteiger partial charge is 0.339 e. The molecule has 2 aromatic heterocycles. The highest BCUT2D eigenvalue weighted by atomic mass is 32.1. The molecule has 1 N–H and O–H groups in total. The van der Waals surface area contributed by atoms with Crippen LogP contribution in [0.3, 0.4) is 0 Å². The molecular formula is C13H19N3OS. The van der Waals surface area contributed by atoms with Crippen molar-refractivity contribution in [2.75, 3.05) is 6.54 Å². The molecule has 0 spiro atoms. The Morgan fingerprint density at radius 3 is 2.89 bits per heavy atom. The van der Waals surface area contributed by atoms with Gasteiger partial charge in [0.15, 0.2) is 0 Å². The van der Waals surface area contributed by atoms with Crippen molar-refractivity contribution in [1.29, 1.82) is 0 Å². The van der Waals surface area contributed by atoms with Gasteiger partial charge in [-0.25, -0.2) is 0 Å². The van der Waals surface area contributed by atoms with E-state index in [9.17, 15) is 0 Å². The molecule has 2 rings (SSSR count). The summed E-state index contributed by atoms with van der Waals surface area (Å²) in [5, 5.41) is 11.5. The number of aromatic nitrogens is 2. The summed E-state index contributed by atoms with van der Waals surface area (Å²) >= 11 is 1.64. The first-order valence-electron chi connectivity index (χ1n) is 6.35. The third-order valence-corrected chi connectivity index (χ3v) is 3.80. The van der Waals surface area contributed by atoms with Crippen LogP contribution in [0.1, 0.15) is 39.0 Å². The van der Waals surface area contributed by atoms with Crippen molar-refractivity contribution in [1.82, 2.24) is 15.5 Å². The van der Waals surface area contributed by atoms with Gasteiger partial charge >= 0.3 is 0 Å². The third-order valence-electron chi connectivity index (χ3n) is 3.12. The van der Waals surface area contributed by atoms with Gasteiger partial charge in [-0.3, -0.25) is 0 Å². The molecule has 0 aliphatic carbocycles. The van der Waals surface area contributed by atoms with E-state index < -0.39 is 0 Å². The molecular weight excluding hydrogens is 246 g/mol. The van der Waals surface area contributed by atoms with E-state index in [0.717, 1.165) is 18.5 Å². The molecule has 0 fully saturated rings. The van der Waals surface area contributed by atoms with Gasteiger partial charge in [-0.15, -0.1) is 0 Å². The Morgan fingerprint density at radius 1 is 1.44 bits per heavy atom. The summed E-state index contributed by atoms with van der Waals surface area (Å²) in [5.41, 5.74) is 1.03. The van der Waals surface area contributed by atoms with Gasteiger partial charge in [0, 0.05) is 17.0 Å². The van der Waals surface area contributed by atoms with E-state index >= 15 is 0 Å². The number of nitrogens with zero attached hydrogens (tertiary/aromatic N) is 2. The minimum Gasteiger partial charge on any atom is -0.339 e. The van der Waals surface area contributed by atoms with Crippen LogP contribution in [0.4, 0.5) is 0 Å². The van der Waals surface area contributed by atoms with Crippen molar-refractivity contribution in [3.05, 3.63) is 22.7 Å². The minimum atomic E-state index is 0.231. The zero-order valence-corrected chi connectivity index (χ0v) is 11.8. The highest BCUT2D eigenvalue weighted by molar-refractivity contribution is 7.08. The highest BCUT2D eigenvalue weighted by Gasteiger charge is 2.22. The van der Waals surface area contributed by atoms with E-state index in [2.05, 4.69) is 36.2 Å². The fourth-order valence-electron chi connectivity index (χ4n) is 2.04. The average Bonchev–Trinajstić information content (AvgIpc) is 3.04. The van der Waals surface area contributed by atoms with Crippen LogP contribution in [-0.2, 0) is 0 Å². The van der Waals surface area contributed by atoms with E-state index in [-0.39, 0.29) is 5.92 Å². The van der Waals surface area contributed by atoms with Crippen molar-refractivity contribution in [3.8, 4) is 11.4 Å². The number of hydrogen-bond acceptors (Lipinski definition) is 5. The van der Waals surface area contributed by atoms with Crippen LogP contribution in [0.15, 0.2) is 21.3 Å². The Hall–Kier alpha value is -1.20. The first kappa shape index (κ1) is 13.2. The summed E-state index contributed by atoms with van der Waals surface area (Å²) < 4.78 is 5.38. The first-order valence-corrected chi connectivity index (χ1v) is 7.30. The summed E-state index contributed by atoms with van der Waals surface area (Å²) in [7, 11) is 0. The third kappa shape index (κ3) is 2.79. The Morgan fingerprint density at radius 2 is 2.28 bits per heavy atom. The summed E-state index contributed by atoms with van der Waals surface area (Å²) in [6.07, 6.45) is 1.05. The average molecular weight is 265 g/mol. The molecule has 2 unspecified atom stereocenters. The van der Waals surface area contributed by atoms with Crippen LogP contribution < -0.4 is 5.32 Å². The second-order valence-corrected chi connectivity index (χ2v) is 5.11. The van der Waals surface area contributed by atoms with E-state index in [4.69, 9.17) is 4.52 Å². The van der Waals surface area contributed by atoms with Gasteiger partial charge in [0.25, 0.3) is 0 Å². The molecule has 0 aliphatic heterocycles. The Labute approximate surface area is 111 Å². The number of nitrogens with one attached hydrogen (secondary N) is 1. The van der Waals surface area contributed by atoms with Crippen molar-refractivity contribution in [2.45, 2.75) is 39.2 Å². The highest BCUT2D eigenvalue weighted by Crippen LogP contribution is 2.24. The molecule has 2 atom stereocenters. The van der Waals surface area contributed by atoms with Crippen molar-refractivity contribution in [3.63, 3.8) is 0 Å². The molecule has 0 aromatic carbocycles. The molecule has 0 radical (unpaired) electrons. The maximum Gasteiger partial charge on any atom is 0.231 e. The van der Waals surface area contributed by atoms with Crippen molar-refractivity contribution < 1.29 is 4.52 Å². The molecule has 2 aromatic rings. The van der Waals surface area contributed by atoms with Crippen LogP contribution >= 0.6 is 11.3 Å². The maximum atomic E-state index is 5.38. The van der Waals surface area contributed by atoms with Gasteiger partial charge in [0.2, 0.25) is 11.7 Å². The van der Waals surface area contributed by atoms with Gasteiger partial charge in [0.1, 0.15) is 0 Å². The standard InChI is InChI=1S/C13H19N3OS/c1-4-11(14-5-2)9(3)13-15-12(16-17-13)10-6-7-18-8-10/h6-9,11,14H,4-5H2,1-3H3. The van der Waals surface area contributed by atoms with Crippen LogP contribution in [0.25, 0.3) is 11.4 Å². The van der Waals surface area contributed by atoms with E-state index in [1.807, 2.05) is 16.8 Å². The molecule has 0 amide bonds. The fraction of sp³-hybridized carbons (Fsp3) is 0.538. The number of likely N-dealkylation sites (N-methyl/N-ethyl adjacent to an activating group) is 1. The Balaban J connectivity index is 2.14. The monoisotopic (exact) mass is 265 g/mol. The molecule has 2 heterocycles. The van der Waals surface area contributed by atoms with Gasteiger partial charge in [-0.05, 0) is 24.4 Å². The first-order chi connectivity index (χ1) is 8.76. The molecule has 0 saturated carbocycles. The quantitative estimate of drug-likeness (QED) is 0.870. The lowest BCUT2D eigenvalue weighted by atomic mass is 9.99. The molecule has 5 heteroatoms. The fourth-order valence-corrected chi connectivity index (χ4v) is 2.67. The van der Waals surface area contributed by atoms with Crippen LogP contribution in [0, 0.1) is 0 Å². The number of rotatable bonds is 6. The molecule has 4 nitrogen and oxygen atoms in total. The Kier molecular flexibility index (Phi) is 4.49. The lowest BCUT2D eigenvalue weighted by Crippen LogP contribution is -2.33. The van der Waals surface area contributed by atoms with Crippen LogP contribution in [0.5, 0.6) is 0 Å². The van der Waals surface area contributed by atoms with Crippen molar-refractivity contribution in [2.24, 2.45) is 0 Å². The lowest BCUT2D eigenvalue weighted by molar-refractivity contribution is 0.321. The van der Waals surface area contributed by atoms with E-state index in [1.165, 1.54) is 0 Å². The van der Waals surface area contributed by atoms with Crippen molar-refractivity contribution >= 4 is 11.3 Å². The second-order valence-electron chi connectivity index (χ2n) is 4.33. The predicted octanol–water partition coefficient (Wildman–Crippen LogP) is 3.29. The minimum absolute atomic E-state index is 0.231. The SMILES string of the molecule is CCNC(CC)C(C)c1nc(-c2ccsc2)no1. The summed E-state index contributed by atoms with van der Waals surface area (Å²) in [6.45, 7) is 7.36. The summed E-state index contributed by atoms with van der Waals surface area (Å²) in [4.78, 5) is 4.49. The molecule has 0 aliphatic rings. The number of hydrogen-bond donors (Lipinski definition) is 1. The van der Waals surface area contributed by atoms with Crippen LogP contribution in [-0.4, -0.2) is 22.7 Å². The zero-order valence-electron chi connectivity index (χ0n) is 11.0. The smallest absolute Gasteiger partial charge is 0.231 e. The van der Waals surface area contributed by atoms with E-state index in [0.29, 0.717) is 17.8 Å². The van der Waals surface area contributed by atoms with Gasteiger partial charge in [-0.2, -0.15) is 16.3 Å². The second kappa shape index (κ2) is 6.11. The maximum absolute atomic E-state index is 5.38. The predicted molar refractivity (Wildman–Crippen MR) is 73.8 cm³/mol. The molecule has 98 valence electrons. The van der Waals surface area contributed by atoms with Crippen LogP contribution in [0.2, 0.25) is 0 Å². The van der Waals surface area contributed by atoms with Gasteiger partial charge in [0.05, 0.1) is 5.92 Å². The lowest BCUT2D eigenvalue weighted by Gasteiger charge is -2.20. The normalized spacial score (nSPS) is 14.6. The number of thiophene rings is 1.